The molecule has 1 amide bonds. The molecule has 0 spiro atoms. The molecule has 5 heteroatoms. The highest BCUT2D eigenvalue weighted by molar-refractivity contribution is 5.94. The highest BCUT2D eigenvalue weighted by Crippen LogP contribution is 2.19. The molecule has 1 heterocycles. The van der Waals surface area contributed by atoms with Gasteiger partial charge in [-0.05, 0) is 30.4 Å². The molecule has 0 aliphatic heterocycles. The minimum Gasteiger partial charge on any atom is -0.385 e. The molecule has 21 heavy (non-hydrogen) atoms. The van der Waals surface area contributed by atoms with Gasteiger partial charge in [0.15, 0.2) is 0 Å². The summed E-state index contributed by atoms with van der Waals surface area (Å²) in [6, 6.07) is 3.63. The largest absolute Gasteiger partial charge is 0.385 e. The van der Waals surface area contributed by atoms with E-state index < -0.39 is 0 Å². The van der Waals surface area contributed by atoms with Crippen molar-refractivity contribution in [3.63, 3.8) is 0 Å². The Morgan fingerprint density at radius 2 is 2.14 bits per heavy atom. The van der Waals surface area contributed by atoms with Gasteiger partial charge >= 0.3 is 0 Å². The van der Waals surface area contributed by atoms with Gasteiger partial charge in [0.1, 0.15) is 5.82 Å². The van der Waals surface area contributed by atoms with Gasteiger partial charge < -0.3 is 15.4 Å². The Morgan fingerprint density at radius 3 is 2.71 bits per heavy atom. The maximum absolute atomic E-state index is 12.1. The Morgan fingerprint density at radius 1 is 1.38 bits per heavy atom. The summed E-state index contributed by atoms with van der Waals surface area (Å²) in [5.41, 5.74) is 0.599. The summed E-state index contributed by atoms with van der Waals surface area (Å²) in [4.78, 5) is 16.3. The fourth-order valence-corrected chi connectivity index (χ4v) is 1.77. The normalized spacial score (nSPS) is 11.2. The number of hydrogen-bond acceptors (Lipinski definition) is 4. The molecule has 0 aliphatic rings. The van der Waals surface area contributed by atoms with Crippen LogP contribution in [0.3, 0.4) is 0 Å². The first-order valence-electron chi connectivity index (χ1n) is 7.45. The van der Waals surface area contributed by atoms with Crippen molar-refractivity contribution in [3.8, 4) is 0 Å². The lowest BCUT2D eigenvalue weighted by molar-refractivity contribution is 0.0920. The van der Waals surface area contributed by atoms with Crippen LogP contribution in [0.25, 0.3) is 0 Å². The van der Waals surface area contributed by atoms with E-state index in [1.807, 2.05) is 6.07 Å². The molecule has 0 atom stereocenters. The maximum Gasteiger partial charge on any atom is 0.252 e. The first kappa shape index (κ1) is 17.4. The van der Waals surface area contributed by atoms with Crippen LogP contribution in [0.15, 0.2) is 18.3 Å². The molecule has 0 unspecified atom stereocenters. The maximum atomic E-state index is 12.1. The number of aromatic nitrogens is 1. The number of rotatable bonds is 9. The van der Waals surface area contributed by atoms with Crippen molar-refractivity contribution in [3.05, 3.63) is 23.9 Å². The van der Waals surface area contributed by atoms with Crippen LogP contribution in [-0.4, -0.2) is 37.7 Å². The Bertz CT molecular complexity index is 430. The van der Waals surface area contributed by atoms with Crippen LogP contribution in [0.2, 0.25) is 0 Å². The zero-order chi connectivity index (χ0) is 15.7. The van der Waals surface area contributed by atoms with E-state index in [0.717, 1.165) is 25.2 Å². The van der Waals surface area contributed by atoms with Crippen molar-refractivity contribution in [2.24, 2.45) is 5.41 Å². The van der Waals surface area contributed by atoms with E-state index in [1.165, 1.54) is 0 Å². The van der Waals surface area contributed by atoms with Crippen molar-refractivity contribution < 1.29 is 9.53 Å². The standard InChI is InChI=1S/C16H27N3O2/c1-5-9-17-14-7-6-13(11-18-14)15(20)19-12-16(2,3)8-10-21-4/h6-7,11H,5,8-10,12H2,1-4H3,(H,17,18)(H,19,20). The second-order valence-corrected chi connectivity index (χ2v) is 5.95. The Balaban J connectivity index is 2.48. The molecule has 1 aromatic heterocycles. The molecule has 1 aromatic rings. The monoisotopic (exact) mass is 293 g/mol. The highest BCUT2D eigenvalue weighted by Gasteiger charge is 2.19. The van der Waals surface area contributed by atoms with Crippen LogP contribution in [0.4, 0.5) is 5.82 Å². The quantitative estimate of drug-likeness (QED) is 0.735. The van der Waals surface area contributed by atoms with Gasteiger partial charge in [-0.2, -0.15) is 0 Å². The van der Waals surface area contributed by atoms with E-state index in [-0.39, 0.29) is 11.3 Å². The average molecular weight is 293 g/mol. The molecule has 2 N–H and O–H groups in total. The second kappa shape index (κ2) is 8.62. The molecule has 118 valence electrons. The highest BCUT2D eigenvalue weighted by atomic mass is 16.5. The van der Waals surface area contributed by atoms with Crippen molar-refractivity contribution in [2.75, 3.05) is 32.1 Å². The van der Waals surface area contributed by atoms with Crippen LogP contribution >= 0.6 is 0 Å². The molecular weight excluding hydrogens is 266 g/mol. The van der Waals surface area contributed by atoms with Gasteiger partial charge in [-0.3, -0.25) is 4.79 Å². The van der Waals surface area contributed by atoms with Gasteiger partial charge in [-0.25, -0.2) is 4.98 Å². The van der Waals surface area contributed by atoms with E-state index >= 15 is 0 Å². The summed E-state index contributed by atoms with van der Waals surface area (Å²) in [7, 11) is 1.69. The zero-order valence-electron chi connectivity index (χ0n) is 13.5. The Labute approximate surface area is 127 Å². The minimum atomic E-state index is -0.0879. The molecule has 0 radical (unpaired) electrons. The van der Waals surface area contributed by atoms with Gasteiger partial charge in [0.25, 0.3) is 5.91 Å². The van der Waals surface area contributed by atoms with E-state index in [2.05, 4.69) is 36.4 Å². The summed E-state index contributed by atoms with van der Waals surface area (Å²) < 4.78 is 5.08. The van der Waals surface area contributed by atoms with E-state index in [1.54, 1.807) is 19.4 Å². The number of ether oxygens (including phenoxy) is 1. The third-order valence-corrected chi connectivity index (χ3v) is 3.29. The van der Waals surface area contributed by atoms with E-state index in [9.17, 15) is 4.79 Å². The molecule has 0 saturated heterocycles. The third kappa shape index (κ3) is 6.58. The summed E-state index contributed by atoms with van der Waals surface area (Å²) in [6.45, 7) is 8.52. The van der Waals surface area contributed by atoms with Gasteiger partial charge in [0.2, 0.25) is 0 Å². The smallest absolute Gasteiger partial charge is 0.252 e. The fraction of sp³-hybridized carbons (Fsp3) is 0.625. The number of hydrogen-bond donors (Lipinski definition) is 2. The molecule has 0 aliphatic carbocycles. The van der Waals surface area contributed by atoms with Crippen LogP contribution in [0.1, 0.15) is 44.0 Å². The number of nitrogens with zero attached hydrogens (tertiary/aromatic N) is 1. The van der Waals surface area contributed by atoms with Crippen molar-refractivity contribution in [1.82, 2.24) is 10.3 Å². The summed E-state index contributed by atoms with van der Waals surface area (Å²) >= 11 is 0. The van der Waals surface area contributed by atoms with Crippen molar-refractivity contribution in [2.45, 2.75) is 33.6 Å². The van der Waals surface area contributed by atoms with Crippen molar-refractivity contribution >= 4 is 11.7 Å². The number of methoxy groups -OCH3 is 1. The minimum absolute atomic E-state index is 0.0156. The second-order valence-electron chi connectivity index (χ2n) is 5.95. The lowest BCUT2D eigenvalue weighted by Crippen LogP contribution is -2.34. The van der Waals surface area contributed by atoms with Gasteiger partial charge in [-0.1, -0.05) is 20.8 Å². The first-order valence-corrected chi connectivity index (χ1v) is 7.45. The summed E-state index contributed by atoms with van der Waals surface area (Å²) in [6.07, 6.45) is 3.55. The topological polar surface area (TPSA) is 63.2 Å². The molecule has 0 fully saturated rings. The third-order valence-electron chi connectivity index (χ3n) is 3.29. The molecule has 0 bridgehead atoms. The van der Waals surface area contributed by atoms with Crippen LogP contribution in [0.5, 0.6) is 0 Å². The zero-order valence-corrected chi connectivity index (χ0v) is 13.5. The summed E-state index contributed by atoms with van der Waals surface area (Å²) in [5.74, 6) is 0.712. The fourth-order valence-electron chi connectivity index (χ4n) is 1.77. The van der Waals surface area contributed by atoms with Gasteiger partial charge in [0, 0.05) is 33.0 Å². The molecule has 0 saturated carbocycles. The van der Waals surface area contributed by atoms with E-state index in [0.29, 0.717) is 18.7 Å². The number of anilines is 1. The predicted molar refractivity (Wildman–Crippen MR) is 85.6 cm³/mol. The lowest BCUT2D eigenvalue weighted by Gasteiger charge is -2.24. The van der Waals surface area contributed by atoms with Gasteiger partial charge in [0.05, 0.1) is 5.56 Å². The van der Waals surface area contributed by atoms with Crippen LogP contribution in [0, 0.1) is 5.41 Å². The average Bonchev–Trinajstić information content (AvgIpc) is 2.49. The molecule has 5 nitrogen and oxygen atoms in total. The number of nitrogens with one attached hydrogen (secondary N) is 2. The molecule has 0 aromatic carbocycles. The molecular formula is C16H27N3O2. The Kier molecular flexibility index (Phi) is 7.15. The Hall–Kier alpha value is -1.62. The lowest BCUT2D eigenvalue weighted by atomic mass is 9.89. The predicted octanol–water partition coefficient (Wildman–Crippen LogP) is 2.70. The number of carbonyl (C=O) groups excluding carboxylic acids is 1. The van der Waals surface area contributed by atoms with Crippen molar-refractivity contribution in [1.29, 1.82) is 0 Å². The number of carbonyl (C=O) groups is 1. The van der Waals surface area contributed by atoms with Crippen LogP contribution < -0.4 is 10.6 Å². The first-order chi connectivity index (χ1) is 9.98. The number of amides is 1. The van der Waals surface area contributed by atoms with E-state index in [4.69, 9.17) is 4.74 Å². The summed E-state index contributed by atoms with van der Waals surface area (Å²) in [5, 5.41) is 6.14. The number of pyridine rings is 1. The molecule has 1 rings (SSSR count). The van der Waals surface area contributed by atoms with Crippen LogP contribution in [-0.2, 0) is 4.74 Å². The van der Waals surface area contributed by atoms with Gasteiger partial charge in [-0.15, -0.1) is 0 Å². The SMILES string of the molecule is CCCNc1ccc(C(=O)NCC(C)(C)CCOC)cn1.